The molecule has 0 amide bonds. The van der Waals surface area contributed by atoms with Crippen LogP contribution in [0.2, 0.25) is 0 Å². The van der Waals surface area contributed by atoms with Crippen molar-refractivity contribution in [1.29, 1.82) is 0 Å². The lowest BCUT2D eigenvalue weighted by atomic mass is 9.96. The molecule has 1 aliphatic rings. The van der Waals surface area contributed by atoms with Crippen molar-refractivity contribution >= 4 is 10.8 Å². The maximum atomic E-state index is 9.98. The van der Waals surface area contributed by atoms with Crippen LogP contribution in [-0.4, -0.2) is 11.7 Å². The summed E-state index contributed by atoms with van der Waals surface area (Å²) in [6.07, 6.45) is 0.293. The smallest absolute Gasteiger partial charge is 0.125 e. The second-order valence-corrected chi connectivity index (χ2v) is 3.85. The van der Waals surface area contributed by atoms with Gasteiger partial charge in [0.25, 0.3) is 0 Å². The summed E-state index contributed by atoms with van der Waals surface area (Å²) in [5, 5.41) is 12.2. The van der Waals surface area contributed by atoms with Crippen molar-refractivity contribution in [2.45, 2.75) is 12.5 Å². The van der Waals surface area contributed by atoms with E-state index in [9.17, 15) is 5.11 Å². The Bertz CT molecular complexity index is 505. The molecule has 2 nitrogen and oxygen atoms in total. The minimum atomic E-state index is -0.389. The lowest BCUT2D eigenvalue weighted by molar-refractivity contribution is 0.117. The van der Waals surface area contributed by atoms with Gasteiger partial charge in [0.15, 0.2) is 0 Å². The summed E-state index contributed by atoms with van der Waals surface area (Å²) in [6.45, 7) is 0.604. The van der Waals surface area contributed by atoms with Gasteiger partial charge in [0.2, 0.25) is 0 Å². The molecule has 1 aliphatic heterocycles. The lowest BCUT2D eigenvalue weighted by Crippen LogP contribution is -2.13. The van der Waals surface area contributed by atoms with Gasteiger partial charge in [0, 0.05) is 12.0 Å². The summed E-state index contributed by atoms with van der Waals surface area (Å²) in [4.78, 5) is 0. The first-order chi connectivity index (χ1) is 7.36. The molecule has 0 fully saturated rings. The van der Waals surface area contributed by atoms with Crippen molar-refractivity contribution in [3.8, 4) is 5.75 Å². The van der Waals surface area contributed by atoms with E-state index in [2.05, 4.69) is 6.07 Å². The van der Waals surface area contributed by atoms with Gasteiger partial charge in [-0.1, -0.05) is 30.3 Å². The molecule has 3 rings (SSSR count). The number of fused-ring (bicyclic) bond motifs is 3. The molecule has 0 aliphatic carbocycles. The highest BCUT2D eigenvalue weighted by molar-refractivity contribution is 5.88. The molecule has 0 unspecified atom stereocenters. The predicted octanol–water partition coefficient (Wildman–Crippen LogP) is 2.66. The van der Waals surface area contributed by atoms with Gasteiger partial charge in [-0.15, -0.1) is 0 Å². The van der Waals surface area contributed by atoms with Crippen molar-refractivity contribution in [3.63, 3.8) is 0 Å². The third-order valence-corrected chi connectivity index (χ3v) is 2.91. The summed E-state index contributed by atoms with van der Waals surface area (Å²) >= 11 is 0. The minimum Gasteiger partial charge on any atom is -0.493 e. The molecule has 1 heterocycles. The SMILES string of the molecule is O[C@H]1CCOc2ccc3ccccc3c21. The van der Waals surface area contributed by atoms with Gasteiger partial charge in [-0.25, -0.2) is 0 Å². The fourth-order valence-electron chi connectivity index (χ4n) is 2.17. The molecular formula is C13H12O2. The molecule has 0 aromatic heterocycles. The highest BCUT2D eigenvalue weighted by atomic mass is 16.5. The maximum absolute atomic E-state index is 9.98. The van der Waals surface area contributed by atoms with E-state index < -0.39 is 0 Å². The molecule has 2 heteroatoms. The summed E-state index contributed by atoms with van der Waals surface area (Å²) < 4.78 is 5.54. The highest BCUT2D eigenvalue weighted by Crippen LogP contribution is 2.37. The van der Waals surface area contributed by atoms with Crippen LogP contribution in [0.5, 0.6) is 5.75 Å². The number of hydrogen-bond donors (Lipinski definition) is 1. The van der Waals surface area contributed by atoms with Crippen LogP contribution in [0.25, 0.3) is 10.8 Å². The van der Waals surface area contributed by atoms with E-state index in [-0.39, 0.29) is 6.10 Å². The molecule has 1 atom stereocenters. The molecule has 15 heavy (non-hydrogen) atoms. The van der Waals surface area contributed by atoms with E-state index >= 15 is 0 Å². The van der Waals surface area contributed by atoms with Crippen LogP contribution >= 0.6 is 0 Å². The summed E-state index contributed by atoms with van der Waals surface area (Å²) in [5.74, 6) is 0.826. The van der Waals surface area contributed by atoms with Crippen LogP contribution in [0.15, 0.2) is 36.4 Å². The van der Waals surface area contributed by atoms with E-state index in [1.54, 1.807) is 0 Å². The van der Waals surface area contributed by atoms with Gasteiger partial charge in [0.05, 0.1) is 12.7 Å². The molecule has 0 saturated heterocycles. The van der Waals surface area contributed by atoms with Crippen LogP contribution in [0.4, 0.5) is 0 Å². The van der Waals surface area contributed by atoms with Gasteiger partial charge in [-0.2, -0.15) is 0 Å². The van der Waals surface area contributed by atoms with E-state index in [0.717, 1.165) is 22.1 Å². The van der Waals surface area contributed by atoms with Crippen molar-refractivity contribution in [2.24, 2.45) is 0 Å². The van der Waals surface area contributed by atoms with E-state index in [1.807, 2.05) is 30.3 Å². The second kappa shape index (κ2) is 3.24. The van der Waals surface area contributed by atoms with E-state index in [0.29, 0.717) is 13.0 Å². The normalized spacial score (nSPS) is 19.7. The summed E-state index contributed by atoms with van der Waals surface area (Å²) in [7, 11) is 0. The Morgan fingerprint density at radius 3 is 2.93 bits per heavy atom. The van der Waals surface area contributed by atoms with Gasteiger partial charge < -0.3 is 9.84 Å². The van der Waals surface area contributed by atoms with Gasteiger partial charge >= 0.3 is 0 Å². The monoisotopic (exact) mass is 200 g/mol. The molecule has 0 bridgehead atoms. The lowest BCUT2D eigenvalue weighted by Gasteiger charge is -2.23. The fourth-order valence-corrected chi connectivity index (χ4v) is 2.17. The first-order valence-corrected chi connectivity index (χ1v) is 5.19. The Morgan fingerprint density at radius 1 is 1.13 bits per heavy atom. The average Bonchev–Trinajstić information content (AvgIpc) is 2.29. The Labute approximate surface area is 88.1 Å². The largest absolute Gasteiger partial charge is 0.493 e. The predicted molar refractivity (Wildman–Crippen MR) is 59.0 cm³/mol. The Morgan fingerprint density at radius 2 is 2.00 bits per heavy atom. The Balaban J connectivity index is 2.35. The molecule has 76 valence electrons. The number of hydrogen-bond acceptors (Lipinski definition) is 2. The number of aliphatic hydroxyl groups excluding tert-OH is 1. The Hall–Kier alpha value is -1.54. The summed E-state index contributed by atoms with van der Waals surface area (Å²) in [5.41, 5.74) is 0.944. The molecule has 0 radical (unpaired) electrons. The van der Waals surface area contributed by atoms with E-state index in [1.165, 1.54) is 0 Å². The number of ether oxygens (including phenoxy) is 1. The number of benzene rings is 2. The van der Waals surface area contributed by atoms with Crippen LogP contribution in [0.3, 0.4) is 0 Å². The second-order valence-electron chi connectivity index (χ2n) is 3.85. The minimum absolute atomic E-state index is 0.389. The Kier molecular flexibility index (Phi) is 1.89. The molecular weight excluding hydrogens is 188 g/mol. The fraction of sp³-hybridized carbons (Fsp3) is 0.231. The average molecular weight is 200 g/mol. The number of rotatable bonds is 0. The van der Waals surface area contributed by atoms with Crippen molar-refractivity contribution in [3.05, 3.63) is 42.0 Å². The maximum Gasteiger partial charge on any atom is 0.125 e. The van der Waals surface area contributed by atoms with Gasteiger partial charge in [-0.05, 0) is 16.8 Å². The van der Waals surface area contributed by atoms with Crippen LogP contribution < -0.4 is 4.74 Å². The highest BCUT2D eigenvalue weighted by Gasteiger charge is 2.21. The zero-order valence-corrected chi connectivity index (χ0v) is 8.31. The first-order valence-electron chi connectivity index (χ1n) is 5.19. The first kappa shape index (κ1) is 8.74. The molecule has 1 N–H and O–H groups in total. The third-order valence-electron chi connectivity index (χ3n) is 2.91. The van der Waals surface area contributed by atoms with Crippen molar-refractivity contribution < 1.29 is 9.84 Å². The summed E-state index contributed by atoms with van der Waals surface area (Å²) in [6, 6.07) is 12.1. The van der Waals surface area contributed by atoms with Crippen molar-refractivity contribution in [1.82, 2.24) is 0 Å². The zero-order chi connectivity index (χ0) is 10.3. The zero-order valence-electron chi connectivity index (χ0n) is 8.31. The number of aliphatic hydroxyl groups is 1. The molecule has 2 aromatic rings. The molecule has 0 spiro atoms. The van der Waals surface area contributed by atoms with E-state index in [4.69, 9.17) is 4.74 Å². The topological polar surface area (TPSA) is 29.5 Å². The third kappa shape index (κ3) is 1.29. The van der Waals surface area contributed by atoms with Crippen LogP contribution in [0, 0.1) is 0 Å². The molecule has 0 saturated carbocycles. The van der Waals surface area contributed by atoms with Gasteiger partial charge in [0.1, 0.15) is 5.75 Å². The standard InChI is InChI=1S/C13H12O2/c14-11-7-8-15-12-6-5-9-3-1-2-4-10(9)13(11)12/h1-6,11,14H,7-8H2/t11-/m0/s1. The quantitative estimate of drug-likeness (QED) is 0.708. The van der Waals surface area contributed by atoms with Crippen LogP contribution in [-0.2, 0) is 0 Å². The van der Waals surface area contributed by atoms with Crippen LogP contribution in [0.1, 0.15) is 18.1 Å². The van der Waals surface area contributed by atoms with Crippen molar-refractivity contribution in [2.75, 3.05) is 6.61 Å². The van der Waals surface area contributed by atoms with Gasteiger partial charge in [-0.3, -0.25) is 0 Å². The molecule has 2 aromatic carbocycles.